The number of carboxylic acids is 1. The normalized spacial score (nSPS) is 18.2. The number of nitrogens with zero attached hydrogens (tertiary/aromatic N) is 1. The van der Waals surface area contributed by atoms with Crippen molar-refractivity contribution in [1.82, 2.24) is 4.98 Å². The van der Waals surface area contributed by atoms with Gasteiger partial charge in [-0.15, -0.1) is 0 Å². The van der Waals surface area contributed by atoms with Gasteiger partial charge in [0.15, 0.2) is 0 Å². The molecule has 2 aromatic rings. The van der Waals surface area contributed by atoms with E-state index in [0.29, 0.717) is 11.5 Å². The fraction of sp³-hybridized carbons (Fsp3) is 0.588. The van der Waals surface area contributed by atoms with Crippen LogP contribution >= 0.6 is 0 Å². The smallest absolute Gasteiger partial charge is 0.331 e. The van der Waals surface area contributed by atoms with Crippen molar-refractivity contribution in [2.45, 2.75) is 122 Å². The van der Waals surface area contributed by atoms with Crippen molar-refractivity contribution in [2.24, 2.45) is 5.92 Å². The van der Waals surface area contributed by atoms with Gasteiger partial charge in [-0.05, 0) is 80.4 Å². The third-order valence-electron chi connectivity index (χ3n) is 8.16. The molecule has 3 heteroatoms. The predicted molar refractivity (Wildman–Crippen MR) is 156 cm³/mol. The average Bonchev–Trinajstić information content (AvgIpc) is 2.93. The minimum Gasteiger partial charge on any atom is -0.478 e. The van der Waals surface area contributed by atoms with Crippen LogP contribution < -0.4 is 0 Å². The highest BCUT2D eigenvalue weighted by Crippen LogP contribution is 2.39. The molecule has 1 aliphatic carbocycles. The minimum atomic E-state index is -0.709. The number of hydrogen-bond acceptors (Lipinski definition) is 2. The van der Waals surface area contributed by atoms with Crippen LogP contribution in [0.3, 0.4) is 0 Å². The number of allylic oxidation sites excluding steroid dienone is 1. The molecule has 202 valence electrons. The number of hydrogen-bond donors (Lipinski definition) is 1. The molecular formula is C34H49NO2. The van der Waals surface area contributed by atoms with Crippen LogP contribution in [0, 0.1) is 5.92 Å². The molecule has 3 rings (SSSR count). The van der Waals surface area contributed by atoms with Crippen molar-refractivity contribution in [1.29, 1.82) is 0 Å². The number of aryl methyl sites for hydroxylation is 1. The molecule has 0 atom stereocenters. The van der Waals surface area contributed by atoms with Gasteiger partial charge < -0.3 is 5.11 Å². The van der Waals surface area contributed by atoms with E-state index in [-0.39, 0.29) is 5.92 Å². The van der Waals surface area contributed by atoms with Crippen LogP contribution in [0.1, 0.15) is 127 Å². The molecule has 0 aliphatic heterocycles. The fourth-order valence-electron chi connectivity index (χ4n) is 5.77. The maximum atomic E-state index is 12.0. The molecule has 0 radical (unpaired) electrons. The van der Waals surface area contributed by atoms with E-state index in [1.165, 1.54) is 74.5 Å². The van der Waals surface area contributed by atoms with Crippen molar-refractivity contribution in [3.8, 4) is 11.3 Å². The third-order valence-corrected chi connectivity index (χ3v) is 8.16. The van der Waals surface area contributed by atoms with Crippen LogP contribution in [-0.4, -0.2) is 16.1 Å². The molecule has 1 aromatic heterocycles. The molecule has 0 unspecified atom stereocenters. The molecule has 1 N–H and O–H groups in total. The summed E-state index contributed by atoms with van der Waals surface area (Å²) in [6.07, 6.45) is 22.8. The first kappa shape index (κ1) is 29.1. The van der Waals surface area contributed by atoms with E-state index >= 15 is 0 Å². The van der Waals surface area contributed by atoms with Crippen LogP contribution in [0.2, 0.25) is 0 Å². The Balaban J connectivity index is 1.46. The highest BCUT2D eigenvalue weighted by molar-refractivity contribution is 5.87. The van der Waals surface area contributed by atoms with Gasteiger partial charge in [0.05, 0.1) is 5.69 Å². The van der Waals surface area contributed by atoms with Crippen molar-refractivity contribution in [3.05, 3.63) is 65.4 Å². The van der Waals surface area contributed by atoms with E-state index < -0.39 is 5.97 Å². The Morgan fingerprint density at radius 3 is 2.11 bits per heavy atom. The number of pyridine rings is 1. The van der Waals surface area contributed by atoms with E-state index in [1.807, 2.05) is 12.3 Å². The lowest BCUT2D eigenvalue weighted by Gasteiger charge is -2.29. The van der Waals surface area contributed by atoms with Gasteiger partial charge in [-0.25, -0.2) is 4.79 Å². The maximum Gasteiger partial charge on any atom is 0.331 e. The summed E-state index contributed by atoms with van der Waals surface area (Å²) in [5, 5.41) is 9.84. The average molecular weight is 504 g/mol. The van der Waals surface area contributed by atoms with Crippen LogP contribution in [0.4, 0.5) is 0 Å². The zero-order valence-corrected chi connectivity index (χ0v) is 23.4. The van der Waals surface area contributed by atoms with Crippen LogP contribution in [0.15, 0.2) is 54.2 Å². The van der Waals surface area contributed by atoms with E-state index in [9.17, 15) is 9.90 Å². The molecule has 37 heavy (non-hydrogen) atoms. The lowest BCUT2D eigenvalue weighted by Crippen LogP contribution is -2.19. The monoisotopic (exact) mass is 503 g/mol. The van der Waals surface area contributed by atoms with Gasteiger partial charge in [-0.2, -0.15) is 0 Å². The van der Waals surface area contributed by atoms with Crippen molar-refractivity contribution >= 4 is 5.97 Å². The Hall–Kier alpha value is -2.42. The fourth-order valence-corrected chi connectivity index (χ4v) is 5.77. The standard InChI is InChI=1S/C34H49NO2/c1-3-5-7-8-9-10-11-13-15-32(34(36)37)30-21-17-28(18-22-30)29-19-23-31(24-20-29)33-25-16-27(26-35-33)14-12-6-4-2/h15-16,19-20,23-26,28,30H,3-14,17-18,21-22H2,1-2H3,(H,36,37). The molecule has 0 bridgehead atoms. The number of unbranched alkanes of at least 4 members (excludes halogenated alkanes) is 9. The number of benzene rings is 1. The second-order valence-electron chi connectivity index (χ2n) is 11.1. The van der Waals surface area contributed by atoms with Gasteiger partial charge in [0.25, 0.3) is 0 Å². The lowest BCUT2D eigenvalue weighted by molar-refractivity contribution is -0.133. The Morgan fingerprint density at radius 2 is 1.49 bits per heavy atom. The van der Waals surface area contributed by atoms with Gasteiger partial charge in [0.2, 0.25) is 0 Å². The maximum absolute atomic E-state index is 12.0. The Kier molecular flexibility index (Phi) is 12.9. The zero-order valence-electron chi connectivity index (χ0n) is 23.4. The Morgan fingerprint density at radius 1 is 0.838 bits per heavy atom. The number of rotatable bonds is 16. The number of carbonyl (C=O) groups is 1. The Bertz CT molecular complexity index is 937. The predicted octanol–water partition coefficient (Wildman–Crippen LogP) is 9.91. The second kappa shape index (κ2) is 16.4. The van der Waals surface area contributed by atoms with E-state index in [4.69, 9.17) is 4.98 Å². The summed E-state index contributed by atoms with van der Waals surface area (Å²) < 4.78 is 0. The summed E-state index contributed by atoms with van der Waals surface area (Å²) in [7, 11) is 0. The van der Waals surface area contributed by atoms with E-state index in [0.717, 1.165) is 50.6 Å². The largest absolute Gasteiger partial charge is 0.478 e. The summed E-state index contributed by atoms with van der Waals surface area (Å²) in [4.78, 5) is 16.7. The molecule has 1 heterocycles. The van der Waals surface area contributed by atoms with Crippen molar-refractivity contribution in [3.63, 3.8) is 0 Å². The summed E-state index contributed by atoms with van der Waals surface area (Å²) in [5.41, 5.74) is 5.57. The van der Waals surface area contributed by atoms with Crippen molar-refractivity contribution in [2.75, 3.05) is 0 Å². The van der Waals surface area contributed by atoms with Crippen molar-refractivity contribution < 1.29 is 9.90 Å². The number of aliphatic carboxylic acids is 1. The zero-order chi connectivity index (χ0) is 26.3. The third kappa shape index (κ3) is 9.76. The van der Waals surface area contributed by atoms with Gasteiger partial charge in [0.1, 0.15) is 0 Å². The summed E-state index contributed by atoms with van der Waals surface area (Å²) in [6, 6.07) is 13.3. The number of aromatic nitrogens is 1. The van der Waals surface area contributed by atoms with Crippen LogP contribution in [0.5, 0.6) is 0 Å². The first-order chi connectivity index (χ1) is 18.1. The van der Waals surface area contributed by atoms with Crippen LogP contribution in [-0.2, 0) is 11.2 Å². The summed E-state index contributed by atoms with van der Waals surface area (Å²) in [6.45, 7) is 4.48. The number of carboxylic acid groups (broad SMARTS) is 1. The second-order valence-corrected chi connectivity index (χ2v) is 11.1. The lowest BCUT2D eigenvalue weighted by atomic mass is 9.75. The topological polar surface area (TPSA) is 50.2 Å². The van der Waals surface area contributed by atoms with Gasteiger partial charge >= 0.3 is 5.97 Å². The molecule has 1 aliphatic rings. The molecule has 0 spiro atoms. The first-order valence-corrected chi connectivity index (χ1v) is 15.1. The van der Waals surface area contributed by atoms with Gasteiger partial charge in [0, 0.05) is 17.3 Å². The summed E-state index contributed by atoms with van der Waals surface area (Å²) >= 11 is 0. The van der Waals surface area contributed by atoms with E-state index in [2.05, 4.69) is 50.2 Å². The molecule has 0 saturated heterocycles. The van der Waals surface area contributed by atoms with Gasteiger partial charge in [-0.3, -0.25) is 4.98 Å². The summed E-state index contributed by atoms with van der Waals surface area (Å²) in [5.74, 6) is 0.0228. The quantitative estimate of drug-likeness (QED) is 0.183. The molecule has 3 nitrogen and oxygen atoms in total. The molecule has 1 fully saturated rings. The minimum absolute atomic E-state index is 0.206. The highest BCUT2D eigenvalue weighted by Gasteiger charge is 2.27. The Labute approximate surface area is 225 Å². The van der Waals surface area contributed by atoms with Crippen LogP contribution in [0.25, 0.3) is 11.3 Å². The van der Waals surface area contributed by atoms with Gasteiger partial charge in [-0.1, -0.05) is 102 Å². The van der Waals surface area contributed by atoms with E-state index in [1.54, 1.807) is 0 Å². The SMILES string of the molecule is CCCCCCCCCC=C(C(=O)O)C1CCC(c2ccc(-c3ccc(CCCCC)cn3)cc2)CC1. The first-order valence-electron chi connectivity index (χ1n) is 15.1. The molecule has 1 aromatic carbocycles. The molecule has 1 saturated carbocycles. The molecular weight excluding hydrogens is 454 g/mol. The molecule has 0 amide bonds. The highest BCUT2D eigenvalue weighted by atomic mass is 16.4.